The van der Waals surface area contributed by atoms with Crippen LogP contribution < -0.4 is 43.9 Å². The predicted molar refractivity (Wildman–Crippen MR) is 110 cm³/mol. The van der Waals surface area contributed by atoms with Crippen LogP contribution in [0.1, 0.15) is 43.8 Å². The highest BCUT2D eigenvalue weighted by molar-refractivity contribution is 6.67. The Kier molecular flexibility index (Phi) is 5.04. The molecule has 5 nitrogen and oxygen atoms in total. The van der Waals surface area contributed by atoms with E-state index in [1.54, 1.807) is 6.92 Å². The Labute approximate surface area is 158 Å². The molecule has 0 amide bonds. The molecule has 1 aromatic carbocycles. The van der Waals surface area contributed by atoms with E-state index in [0.29, 0.717) is 5.56 Å². The van der Waals surface area contributed by atoms with Crippen LogP contribution in [0, 0.1) is 0 Å². The molecule has 1 aliphatic rings. The topological polar surface area (TPSA) is 66.9 Å². The molecule has 0 spiro atoms. The first-order chi connectivity index (χ1) is 12.2. The maximum absolute atomic E-state index is 12.3. The lowest BCUT2D eigenvalue weighted by atomic mass is 9.59. The van der Waals surface area contributed by atoms with Crippen molar-refractivity contribution in [3.63, 3.8) is 0 Å². The van der Waals surface area contributed by atoms with Crippen molar-refractivity contribution in [1.29, 1.82) is 0 Å². The van der Waals surface area contributed by atoms with Gasteiger partial charge in [0.25, 0.3) is 5.56 Å². The third-order valence-electron chi connectivity index (χ3n) is 4.95. The third kappa shape index (κ3) is 3.10. The molecule has 0 bridgehead atoms. The van der Waals surface area contributed by atoms with E-state index in [1.165, 1.54) is 10.6 Å². The number of hydrogen-bond donors (Lipinski definition) is 2. The molecule has 1 saturated carbocycles. The van der Waals surface area contributed by atoms with E-state index >= 15 is 0 Å². The molecular weight excluding hydrogens is 320 g/mol. The van der Waals surface area contributed by atoms with Crippen molar-refractivity contribution in [1.82, 2.24) is 9.55 Å². The monoisotopic (exact) mass is 335 g/mol. The molecule has 10 heteroatoms. The van der Waals surface area contributed by atoms with Crippen molar-refractivity contribution in [2.45, 2.75) is 38.3 Å². The van der Waals surface area contributed by atoms with E-state index in [4.69, 9.17) is 39.2 Å². The summed E-state index contributed by atoms with van der Waals surface area (Å²) in [6.07, 6.45) is 2.69. The summed E-state index contributed by atoms with van der Waals surface area (Å²) in [7, 11) is 29.6. The number of aromatic nitrogens is 2. The van der Waals surface area contributed by atoms with Crippen molar-refractivity contribution >= 4 is 72.4 Å². The summed E-state index contributed by atoms with van der Waals surface area (Å²) in [5, 5.41) is 3.02. The first kappa shape index (κ1) is 18.8. The second-order valence-corrected chi connectivity index (χ2v) is 6.63. The van der Waals surface area contributed by atoms with E-state index < -0.39 is 11.7 Å². The van der Waals surface area contributed by atoms with Gasteiger partial charge in [-0.3, -0.25) is 14.3 Å². The van der Waals surface area contributed by atoms with E-state index in [9.17, 15) is 9.59 Å². The number of hydrogen-bond acceptors (Lipinski definition) is 3. The minimum Gasteiger partial charge on any atom is -0.365 e. The van der Waals surface area contributed by atoms with Gasteiger partial charge in [0.15, 0.2) is 0 Å². The number of nitrogens with zero attached hydrogens (tertiary/aromatic N) is 1. The fourth-order valence-corrected chi connectivity index (χ4v) is 3.22. The minimum atomic E-state index is -0.477. The lowest BCUT2D eigenvalue weighted by Crippen LogP contribution is -2.57. The van der Waals surface area contributed by atoms with Gasteiger partial charge >= 0.3 is 5.69 Å². The Morgan fingerprint density at radius 1 is 1.04 bits per heavy atom. The summed E-state index contributed by atoms with van der Waals surface area (Å²) in [6.45, 7) is 1.76. The van der Waals surface area contributed by atoms with Gasteiger partial charge < -0.3 is 5.32 Å². The van der Waals surface area contributed by atoms with Crippen LogP contribution in [0.2, 0.25) is 0 Å². The standard InChI is InChI=1S/C16H14B5N3O2/c1-6(10-11(17)13(19)15(21)14(20)12(10)18)22-8-5-9(25)24(16(26)23-8)7-3-2-4-7/h5-7,22H,2-4H2,1H3,(H,23,26)/t6-/m0/s1. The van der Waals surface area contributed by atoms with Crippen LogP contribution >= 0.6 is 0 Å². The lowest BCUT2D eigenvalue weighted by molar-refractivity contribution is 0.296. The summed E-state index contributed by atoms with van der Waals surface area (Å²) in [6, 6.07) is 0.836. The number of rotatable bonds is 4. The van der Waals surface area contributed by atoms with Crippen LogP contribution in [0.4, 0.5) is 5.82 Å². The largest absolute Gasteiger partial charge is 0.365 e. The molecule has 2 N–H and O–H groups in total. The fraction of sp³-hybridized carbons (Fsp3) is 0.375. The van der Waals surface area contributed by atoms with Gasteiger partial charge in [0.2, 0.25) is 0 Å². The molecule has 1 heterocycles. The molecule has 2 aromatic rings. The van der Waals surface area contributed by atoms with Gasteiger partial charge in [-0.2, -0.15) is 0 Å². The maximum atomic E-state index is 12.3. The number of benzene rings is 1. The van der Waals surface area contributed by atoms with Crippen molar-refractivity contribution in [3.05, 3.63) is 32.5 Å². The first-order valence-corrected chi connectivity index (χ1v) is 8.36. The maximum Gasteiger partial charge on any atom is 0.330 e. The van der Waals surface area contributed by atoms with Crippen LogP contribution in [0.25, 0.3) is 0 Å². The van der Waals surface area contributed by atoms with Crippen LogP contribution in [-0.4, -0.2) is 48.8 Å². The Hall–Kier alpha value is -1.98. The zero-order valence-electron chi connectivity index (χ0n) is 14.5. The molecule has 0 unspecified atom stereocenters. The van der Waals surface area contributed by atoms with Gasteiger partial charge in [-0.15, -0.1) is 16.4 Å². The number of nitrogens with one attached hydrogen (secondary N) is 2. The van der Waals surface area contributed by atoms with Crippen molar-refractivity contribution < 1.29 is 0 Å². The SMILES string of the molecule is [B]c1c([B])c([B])c([C@H](C)Nc2cc(=O)n(C3CCC3)c(=O)[nH]2)c([B])c1[B]. The minimum absolute atomic E-state index is 0.0271. The quantitative estimate of drug-likeness (QED) is 0.568. The Morgan fingerprint density at radius 3 is 2.04 bits per heavy atom. The van der Waals surface area contributed by atoms with Gasteiger partial charge in [-0.05, 0) is 31.7 Å². The Morgan fingerprint density at radius 2 is 1.58 bits per heavy atom. The highest BCUT2D eigenvalue weighted by Crippen LogP contribution is 2.28. The molecule has 1 atom stereocenters. The van der Waals surface area contributed by atoms with Gasteiger partial charge in [0.1, 0.15) is 45.0 Å². The third-order valence-corrected chi connectivity index (χ3v) is 4.95. The lowest BCUT2D eigenvalue weighted by Gasteiger charge is -2.28. The molecular formula is C16H14B5N3O2. The van der Waals surface area contributed by atoms with Crippen LogP contribution in [0.15, 0.2) is 15.7 Å². The molecule has 1 aromatic heterocycles. The van der Waals surface area contributed by atoms with Crippen LogP contribution in [0.5, 0.6) is 0 Å². The zero-order chi connectivity index (χ0) is 19.2. The number of H-pyrrole nitrogens is 1. The Bertz CT molecular complexity index is 921. The molecule has 1 fully saturated rings. The van der Waals surface area contributed by atoms with E-state index in [0.717, 1.165) is 19.3 Å². The Balaban J connectivity index is 1.95. The molecule has 0 aliphatic heterocycles. The van der Waals surface area contributed by atoms with Gasteiger partial charge in [-0.1, -0.05) is 10.9 Å². The summed E-state index contributed by atoms with van der Waals surface area (Å²) in [5.74, 6) is 0.260. The average Bonchev–Trinajstić information content (AvgIpc) is 2.52. The van der Waals surface area contributed by atoms with Crippen LogP contribution in [-0.2, 0) is 0 Å². The number of anilines is 1. The van der Waals surface area contributed by atoms with Crippen molar-refractivity contribution in [2.24, 2.45) is 0 Å². The van der Waals surface area contributed by atoms with Crippen LogP contribution in [0.3, 0.4) is 0 Å². The first-order valence-electron chi connectivity index (χ1n) is 8.36. The van der Waals surface area contributed by atoms with E-state index in [1.807, 2.05) is 0 Å². The molecule has 10 radical (unpaired) electrons. The highest BCUT2D eigenvalue weighted by atomic mass is 16.2. The number of aromatic amines is 1. The molecule has 1 aliphatic carbocycles. The molecule has 3 rings (SSSR count). The van der Waals surface area contributed by atoms with Gasteiger partial charge in [0, 0.05) is 18.2 Å². The molecule has 26 heavy (non-hydrogen) atoms. The summed E-state index contributed by atoms with van der Waals surface area (Å²) in [5.41, 5.74) is 0.493. The van der Waals surface area contributed by atoms with Crippen molar-refractivity contribution in [3.8, 4) is 0 Å². The second-order valence-electron chi connectivity index (χ2n) is 6.63. The summed E-state index contributed by atoms with van der Waals surface area (Å²) in [4.78, 5) is 27.2. The molecule has 120 valence electrons. The van der Waals surface area contributed by atoms with E-state index in [2.05, 4.69) is 10.3 Å². The van der Waals surface area contributed by atoms with E-state index in [-0.39, 0.29) is 44.7 Å². The molecule has 0 saturated heterocycles. The predicted octanol–water partition coefficient (Wildman–Crippen LogP) is -3.60. The zero-order valence-corrected chi connectivity index (χ0v) is 14.5. The van der Waals surface area contributed by atoms with Crippen molar-refractivity contribution in [2.75, 3.05) is 5.32 Å². The van der Waals surface area contributed by atoms with Gasteiger partial charge in [-0.25, -0.2) is 4.79 Å². The highest BCUT2D eigenvalue weighted by Gasteiger charge is 2.23. The summed E-state index contributed by atoms with van der Waals surface area (Å²) < 4.78 is 1.25. The second kappa shape index (κ2) is 6.97. The average molecular weight is 334 g/mol. The fourth-order valence-electron chi connectivity index (χ4n) is 3.22. The van der Waals surface area contributed by atoms with Gasteiger partial charge in [0.05, 0.1) is 0 Å². The smallest absolute Gasteiger partial charge is 0.330 e. The summed E-state index contributed by atoms with van der Waals surface area (Å²) >= 11 is 0. The normalized spacial score (nSPS) is 15.4.